The quantitative estimate of drug-likeness (QED) is 0.697. The largest absolute Gasteiger partial charge is 0.369 e. The molecule has 0 radical (unpaired) electrons. The first kappa shape index (κ1) is 5.56. The molecule has 0 aromatic heterocycles. The highest BCUT2D eigenvalue weighted by Crippen LogP contribution is 2.00. The molecule has 0 heterocycles. The monoisotopic (exact) mass is 230 g/mol. The fraction of sp³-hybridized carbons (Fsp3) is 0.667. The van der Waals surface area contributed by atoms with Gasteiger partial charge in [-0.15, -0.1) is 0 Å². The zero-order chi connectivity index (χ0) is 6.57. The van der Waals surface area contributed by atoms with Crippen molar-refractivity contribution in [3.63, 3.8) is 0 Å². The summed E-state index contributed by atoms with van der Waals surface area (Å²) in [6.45, 7) is 0. The van der Waals surface area contributed by atoms with Gasteiger partial charge in [0, 0.05) is 5.33 Å². The lowest BCUT2D eigenvalue weighted by molar-refractivity contribution is -0.117. The van der Waals surface area contributed by atoms with E-state index in [9.17, 15) is 4.79 Å². The normalized spacial score (nSPS) is 14.9. The molecule has 4 heteroatoms. The highest BCUT2D eigenvalue weighted by molar-refractivity contribution is 9.12. The third kappa shape index (κ3) is 3.05. The molecule has 0 aromatic rings. The number of carbonyl (C=O) groups excluding carboxylic acids is 1. The van der Waals surface area contributed by atoms with Crippen molar-refractivity contribution in [2.75, 3.05) is 5.33 Å². The van der Waals surface area contributed by atoms with Crippen LogP contribution in [0.5, 0.6) is 0 Å². The molecule has 2 N–H and O–H groups in total. The topological polar surface area (TPSA) is 43.1 Å². The van der Waals surface area contributed by atoms with Gasteiger partial charge >= 0.3 is 0 Å². The summed E-state index contributed by atoms with van der Waals surface area (Å²) in [5, 5.41) is 0.526. The number of carbonyl (C=O) groups is 1. The Morgan fingerprint density at radius 1 is 2.14 bits per heavy atom. The van der Waals surface area contributed by atoms with E-state index in [0.717, 1.165) is 0 Å². The lowest BCUT2D eigenvalue weighted by Gasteiger charge is -1.94. The molecule has 0 aromatic carbocycles. The Labute approximate surface area is 60.2 Å². The van der Waals surface area contributed by atoms with Crippen molar-refractivity contribution in [3.05, 3.63) is 0 Å². The molecule has 1 amide bonds. The lowest BCUT2D eigenvalue weighted by Crippen LogP contribution is -2.23. The summed E-state index contributed by atoms with van der Waals surface area (Å²) < 4.78 is 6.39. The molecule has 0 aliphatic heterocycles. The molecule has 1 unspecified atom stereocenters. The van der Waals surface area contributed by atoms with Crippen molar-refractivity contribution in [1.29, 1.82) is 0 Å². The minimum Gasteiger partial charge on any atom is -0.369 e. The van der Waals surface area contributed by atoms with Crippen molar-refractivity contribution < 1.29 is 6.21 Å². The van der Waals surface area contributed by atoms with Crippen LogP contribution >= 0.6 is 31.9 Å². The standard InChI is InChI=1S/C3H5Br2NO/c4-1-2(5)3(6)7/h2H,1H2,(H2,6,7)/i/hD. The summed E-state index contributed by atoms with van der Waals surface area (Å²) in [6, 6.07) is 0. The van der Waals surface area contributed by atoms with Gasteiger partial charge in [0.05, 0.1) is 0 Å². The molecule has 0 spiro atoms. The molecular formula is C3H5Br2NO. The molecule has 0 saturated heterocycles. The molecule has 0 fully saturated rings. The van der Waals surface area contributed by atoms with Crippen LogP contribution in [0.25, 0.3) is 0 Å². The van der Waals surface area contributed by atoms with Crippen molar-refractivity contribution in [3.8, 4) is 0 Å². The highest BCUT2D eigenvalue weighted by Gasteiger charge is 2.05. The molecule has 1 atom stereocenters. The maximum atomic E-state index is 10.4. The Balaban J connectivity index is 3.46. The average molecular weight is 232 g/mol. The van der Waals surface area contributed by atoms with Gasteiger partial charge in [0.25, 0.3) is 0 Å². The third-order valence-corrected chi connectivity index (χ3v) is 2.68. The molecule has 0 rings (SSSR count). The van der Waals surface area contributed by atoms with E-state index in [-0.39, 0.29) is 10.7 Å². The third-order valence-electron chi connectivity index (χ3n) is 0.420. The zero-order valence-electron chi connectivity index (χ0n) is 4.45. The van der Waals surface area contributed by atoms with E-state index in [1.54, 1.807) is 5.73 Å². The van der Waals surface area contributed by atoms with E-state index in [4.69, 9.17) is 1.41 Å². The predicted molar refractivity (Wildman–Crippen MR) is 35.7 cm³/mol. The average Bonchev–Trinajstić information content (AvgIpc) is 1.84. The molecule has 0 bridgehead atoms. The fourth-order valence-corrected chi connectivity index (χ4v) is 0.364. The number of nitrogens with two attached hydrogens (primary N) is 1. The molecular weight excluding hydrogens is 226 g/mol. The number of halogens is 2. The van der Waals surface area contributed by atoms with Crippen LogP contribution in [-0.4, -0.2) is 16.1 Å². The van der Waals surface area contributed by atoms with Crippen LogP contribution < -0.4 is 5.73 Å². The van der Waals surface area contributed by atoms with Crippen LogP contribution in [0.3, 0.4) is 0 Å². The maximum Gasteiger partial charge on any atom is 0.232 e. The molecule has 7 heavy (non-hydrogen) atoms. The Morgan fingerprint density at radius 2 is 2.71 bits per heavy atom. The summed E-state index contributed by atoms with van der Waals surface area (Å²) in [5.74, 6) is -0.332. The van der Waals surface area contributed by atoms with Gasteiger partial charge in [-0.05, 0) is 0 Å². The molecule has 2 nitrogen and oxygen atoms in total. The van der Waals surface area contributed by atoms with E-state index in [2.05, 4.69) is 31.9 Å². The Morgan fingerprint density at radius 3 is 2.86 bits per heavy atom. The first-order valence-corrected chi connectivity index (χ1v) is 3.67. The summed E-state index contributed by atoms with van der Waals surface area (Å²) in [6.07, 6.45) is 0. The minimum atomic E-state index is -0.332. The summed E-state index contributed by atoms with van der Waals surface area (Å²) in [5.41, 5.74) is 1.75. The fourth-order valence-electron chi connectivity index (χ4n) is 0.0701. The van der Waals surface area contributed by atoms with E-state index in [0.29, 0.717) is 5.33 Å². The predicted octanol–water partition coefficient (Wildman–Crippen LogP) is 0.630. The van der Waals surface area contributed by atoms with Gasteiger partial charge in [-0.2, -0.15) is 0 Å². The van der Waals surface area contributed by atoms with Gasteiger partial charge in [0.15, 0.2) is 1.41 Å². The Hall–Kier alpha value is 0.430. The van der Waals surface area contributed by atoms with Gasteiger partial charge in [-0.3, -0.25) is 4.79 Å². The van der Waals surface area contributed by atoms with Crippen LogP contribution in [0.4, 0.5) is 0 Å². The van der Waals surface area contributed by atoms with Gasteiger partial charge < -0.3 is 5.73 Å². The number of amides is 1. The molecule has 0 aliphatic rings. The maximum absolute atomic E-state index is 10.4. The number of rotatable bonds is 2. The highest BCUT2D eigenvalue weighted by atomic mass is 79.9. The Bertz CT molecular complexity index is 89.4. The van der Waals surface area contributed by atoms with E-state index in [1.807, 2.05) is 0 Å². The van der Waals surface area contributed by atoms with Crippen molar-refractivity contribution in [1.82, 2.24) is 0 Å². The van der Waals surface area contributed by atoms with Crippen LogP contribution in [-0.2, 0) is 4.79 Å². The number of primary amides is 1. The second-order valence-electron chi connectivity index (χ2n) is 0.986. The van der Waals surface area contributed by atoms with E-state index in [1.165, 1.54) is 0 Å². The first-order chi connectivity index (χ1) is 3.72. The molecule has 0 saturated carbocycles. The number of hydrogen-bond donors (Lipinski definition) is 1. The van der Waals surface area contributed by atoms with Crippen molar-refractivity contribution >= 4 is 37.8 Å². The van der Waals surface area contributed by atoms with Crippen LogP contribution in [0.2, 0.25) is 1.41 Å². The summed E-state index contributed by atoms with van der Waals surface area (Å²) in [7, 11) is 0. The van der Waals surface area contributed by atoms with E-state index < -0.39 is 0 Å². The smallest absolute Gasteiger partial charge is 0.232 e. The first-order valence-electron chi connectivity index (χ1n) is 2.14. The summed E-state index contributed by atoms with van der Waals surface area (Å²) in [4.78, 5) is 10.1. The molecule has 0 aliphatic carbocycles. The van der Waals surface area contributed by atoms with E-state index >= 15 is 0 Å². The van der Waals surface area contributed by atoms with Gasteiger partial charge in [-0.25, -0.2) is 0 Å². The van der Waals surface area contributed by atoms with Crippen molar-refractivity contribution in [2.24, 2.45) is 5.73 Å². The summed E-state index contributed by atoms with van der Waals surface area (Å²) >= 11 is 6.09. The van der Waals surface area contributed by atoms with Gasteiger partial charge in [0.2, 0.25) is 5.91 Å². The second-order valence-corrected chi connectivity index (χ2v) is 2.74. The lowest BCUT2D eigenvalue weighted by atomic mass is 10.5. The van der Waals surface area contributed by atoms with Crippen LogP contribution in [0.15, 0.2) is 0 Å². The number of alkyl halides is 2. The van der Waals surface area contributed by atoms with Crippen LogP contribution in [0, 0.1) is 0 Å². The zero-order valence-corrected chi connectivity index (χ0v) is 6.62. The SMILES string of the molecule is [2H]NC(=O)C(Br)CBr. The number of hydrogen-bond acceptors (Lipinski definition) is 1. The van der Waals surface area contributed by atoms with Gasteiger partial charge in [-0.1, -0.05) is 31.9 Å². The molecule has 42 valence electrons. The van der Waals surface area contributed by atoms with Crippen LogP contribution in [0.1, 0.15) is 0 Å². The van der Waals surface area contributed by atoms with Gasteiger partial charge in [0.1, 0.15) is 4.83 Å². The second kappa shape index (κ2) is 3.43. The Kier molecular flexibility index (Phi) is 2.73. The minimum absolute atomic E-state index is 0.292. The van der Waals surface area contributed by atoms with Crippen molar-refractivity contribution in [2.45, 2.75) is 4.83 Å².